The summed E-state index contributed by atoms with van der Waals surface area (Å²) in [5.74, 6) is -1.23. The van der Waals surface area contributed by atoms with Crippen LogP contribution < -0.4 is 10.6 Å². The van der Waals surface area contributed by atoms with Crippen molar-refractivity contribution in [2.75, 3.05) is 31.6 Å². The Morgan fingerprint density at radius 1 is 1.11 bits per heavy atom. The molecule has 1 aliphatic heterocycles. The van der Waals surface area contributed by atoms with Gasteiger partial charge in [-0.15, -0.1) is 11.3 Å². The molecule has 12 heteroatoms. The maximum absolute atomic E-state index is 13.1. The quantitative estimate of drug-likeness (QED) is 0.430. The molecule has 37 heavy (non-hydrogen) atoms. The molecule has 4 rings (SSSR count). The van der Waals surface area contributed by atoms with Gasteiger partial charge >= 0.3 is 0 Å². The molecule has 2 heterocycles. The summed E-state index contributed by atoms with van der Waals surface area (Å²) in [7, 11) is -3.77. The first-order valence-corrected chi connectivity index (χ1v) is 14.4. The number of ether oxygens (including phenoxy) is 1. The smallest absolute Gasteiger partial charge is 0.251 e. The van der Waals surface area contributed by atoms with E-state index in [-0.39, 0.29) is 29.5 Å². The van der Waals surface area contributed by atoms with Crippen molar-refractivity contribution in [3.05, 3.63) is 64.5 Å². The molecule has 1 aliphatic rings. The van der Waals surface area contributed by atoms with Gasteiger partial charge in [0.2, 0.25) is 15.9 Å². The molecule has 2 amide bonds. The van der Waals surface area contributed by atoms with E-state index < -0.39 is 27.9 Å². The molecular formula is C25H27ClN4O5S2. The second-order valence-electron chi connectivity index (χ2n) is 8.75. The predicted octanol–water partition coefficient (Wildman–Crippen LogP) is 3.88. The summed E-state index contributed by atoms with van der Waals surface area (Å²) < 4.78 is 32.6. The van der Waals surface area contributed by atoms with Gasteiger partial charge in [0.05, 0.1) is 23.8 Å². The number of morpholine rings is 1. The van der Waals surface area contributed by atoms with Gasteiger partial charge in [0, 0.05) is 34.6 Å². The maximum atomic E-state index is 13.1. The number of carbonyl (C=O) groups is 2. The summed E-state index contributed by atoms with van der Waals surface area (Å²) in [4.78, 5) is 30.6. The lowest BCUT2D eigenvalue weighted by molar-refractivity contribution is -0.118. The minimum Gasteiger partial charge on any atom is -0.379 e. The van der Waals surface area contributed by atoms with Crippen LogP contribution in [0.5, 0.6) is 0 Å². The van der Waals surface area contributed by atoms with E-state index in [1.165, 1.54) is 39.9 Å². The zero-order valence-corrected chi connectivity index (χ0v) is 22.7. The van der Waals surface area contributed by atoms with Gasteiger partial charge in [0.15, 0.2) is 5.13 Å². The van der Waals surface area contributed by atoms with Crippen molar-refractivity contribution in [1.82, 2.24) is 14.6 Å². The van der Waals surface area contributed by atoms with Crippen molar-refractivity contribution in [2.24, 2.45) is 5.92 Å². The van der Waals surface area contributed by atoms with E-state index in [0.29, 0.717) is 29.1 Å². The molecule has 9 nitrogen and oxygen atoms in total. The van der Waals surface area contributed by atoms with Crippen LogP contribution in [0, 0.1) is 5.92 Å². The number of carbonyl (C=O) groups excluding carboxylic acids is 2. The standard InChI is InChI=1S/C25H27ClN4O5S2/c1-16(2)22(24(32)29-25-27-21(15-36-25)19-8-3-4-9-20(19)26)28-23(31)17-6-5-7-18(14-17)37(33,34)30-10-12-35-13-11-30/h3-9,14-16,22H,10-13H2,1-2H3,(H,28,31)(H,27,29,32)/t22-/m0/s1. The first-order valence-electron chi connectivity index (χ1n) is 11.7. The number of aromatic nitrogens is 1. The molecule has 2 N–H and O–H groups in total. The largest absolute Gasteiger partial charge is 0.379 e. The molecule has 1 saturated heterocycles. The van der Waals surface area contributed by atoms with Crippen LogP contribution in [0.25, 0.3) is 11.3 Å². The normalized spacial score (nSPS) is 15.4. The first-order chi connectivity index (χ1) is 17.7. The van der Waals surface area contributed by atoms with Gasteiger partial charge < -0.3 is 15.4 Å². The van der Waals surface area contributed by atoms with Gasteiger partial charge in [-0.1, -0.05) is 49.7 Å². The minimum absolute atomic E-state index is 0.0162. The number of amides is 2. The van der Waals surface area contributed by atoms with Gasteiger partial charge in [-0.25, -0.2) is 13.4 Å². The molecule has 0 spiro atoms. The summed E-state index contributed by atoms with van der Waals surface area (Å²) in [6.07, 6.45) is 0. The van der Waals surface area contributed by atoms with Gasteiger partial charge in [-0.3, -0.25) is 9.59 Å². The second kappa shape index (κ2) is 11.7. The molecular weight excluding hydrogens is 536 g/mol. The monoisotopic (exact) mass is 562 g/mol. The van der Waals surface area contributed by atoms with Crippen LogP contribution in [0.2, 0.25) is 5.02 Å². The van der Waals surface area contributed by atoms with E-state index in [4.69, 9.17) is 16.3 Å². The summed E-state index contributed by atoms with van der Waals surface area (Å²) in [6, 6.07) is 12.2. The summed E-state index contributed by atoms with van der Waals surface area (Å²) >= 11 is 7.50. The maximum Gasteiger partial charge on any atom is 0.251 e. The third-order valence-corrected chi connectivity index (χ3v) is 8.81. The van der Waals surface area contributed by atoms with E-state index >= 15 is 0 Å². The van der Waals surface area contributed by atoms with Gasteiger partial charge in [0.25, 0.3) is 5.91 Å². The Morgan fingerprint density at radius 2 is 1.84 bits per heavy atom. The average Bonchev–Trinajstić information content (AvgIpc) is 3.35. The van der Waals surface area contributed by atoms with Gasteiger partial charge in [-0.05, 0) is 30.2 Å². The van der Waals surface area contributed by atoms with Crippen molar-refractivity contribution in [1.29, 1.82) is 0 Å². The van der Waals surface area contributed by atoms with E-state index in [9.17, 15) is 18.0 Å². The van der Waals surface area contributed by atoms with Crippen molar-refractivity contribution in [3.63, 3.8) is 0 Å². The fraction of sp³-hybridized carbons (Fsp3) is 0.320. The topological polar surface area (TPSA) is 118 Å². The number of rotatable bonds is 8. The lowest BCUT2D eigenvalue weighted by Gasteiger charge is -2.26. The molecule has 0 bridgehead atoms. The number of thiazole rings is 1. The van der Waals surface area contributed by atoms with Gasteiger partial charge in [0.1, 0.15) is 6.04 Å². The van der Waals surface area contributed by atoms with E-state index in [1.54, 1.807) is 25.3 Å². The lowest BCUT2D eigenvalue weighted by atomic mass is 10.0. The molecule has 1 aromatic heterocycles. The number of hydrogen-bond acceptors (Lipinski definition) is 7. The lowest BCUT2D eigenvalue weighted by Crippen LogP contribution is -2.47. The highest BCUT2D eigenvalue weighted by atomic mass is 35.5. The van der Waals surface area contributed by atoms with Crippen LogP contribution in [-0.4, -0.2) is 61.9 Å². The Labute approximate surface area is 224 Å². The molecule has 196 valence electrons. The molecule has 1 fully saturated rings. The number of halogens is 1. The Hall–Kier alpha value is -2.83. The molecule has 0 saturated carbocycles. The zero-order chi connectivity index (χ0) is 26.6. The second-order valence-corrected chi connectivity index (χ2v) is 11.9. The van der Waals surface area contributed by atoms with Crippen LogP contribution in [0.4, 0.5) is 5.13 Å². The number of anilines is 1. The number of nitrogens with one attached hydrogen (secondary N) is 2. The Kier molecular flexibility index (Phi) is 8.60. The number of hydrogen-bond donors (Lipinski definition) is 2. The van der Waals surface area contributed by atoms with E-state index in [2.05, 4.69) is 15.6 Å². The van der Waals surface area contributed by atoms with E-state index in [1.807, 2.05) is 18.2 Å². The minimum atomic E-state index is -3.77. The van der Waals surface area contributed by atoms with E-state index in [0.717, 1.165) is 5.56 Å². The number of nitrogens with zero attached hydrogens (tertiary/aromatic N) is 2. The fourth-order valence-electron chi connectivity index (χ4n) is 3.80. The Balaban J connectivity index is 1.47. The molecule has 0 aliphatic carbocycles. The van der Waals surface area contributed by atoms with Gasteiger partial charge in [-0.2, -0.15) is 4.31 Å². The van der Waals surface area contributed by atoms with Crippen LogP contribution in [0.3, 0.4) is 0 Å². The third-order valence-electron chi connectivity index (χ3n) is 5.82. The third kappa shape index (κ3) is 6.36. The number of sulfonamides is 1. The first kappa shape index (κ1) is 27.2. The van der Waals surface area contributed by atoms with Crippen LogP contribution in [0.15, 0.2) is 58.8 Å². The SMILES string of the molecule is CC(C)[C@H](NC(=O)c1cccc(S(=O)(=O)N2CCOCC2)c1)C(=O)Nc1nc(-c2ccccc2Cl)cs1. The summed E-state index contributed by atoms with van der Waals surface area (Å²) in [5.41, 5.74) is 1.53. The van der Waals surface area contributed by atoms with Crippen LogP contribution in [0.1, 0.15) is 24.2 Å². The van der Waals surface area contributed by atoms with Crippen LogP contribution >= 0.6 is 22.9 Å². The Bertz CT molecular complexity index is 1390. The molecule has 0 unspecified atom stereocenters. The summed E-state index contributed by atoms with van der Waals surface area (Å²) in [5, 5.41) is 8.22. The Morgan fingerprint density at radius 3 is 2.54 bits per heavy atom. The van der Waals surface area contributed by atoms with Crippen LogP contribution in [-0.2, 0) is 19.6 Å². The molecule has 0 radical (unpaired) electrons. The molecule has 1 atom stereocenters. The highest BCUT2D eigenvalue weighted by molar-refractivity contribution is 7.89. The highest BCUT2D eigenvalue weighted by Crippen LogP contribution is 2.30. The predicted molar refractivity (Wildman–Crippen MR) is 143 cm³/mol. The molecule has 2 aromatic carbocycles. The van der Waals surface area contributed by atoms with Crippen molar-refractivity contribution < 1.29 is 22.7 Å². The fourth-order valence-corrected chi connectivity index (χ4v) is 6.20. The molecule has 3 aromatic rings. The van der Waals surface area contributed by atoms with Crippen molar-refractivity contribution >= 4 is 49.9 Å². The average molecular weight is 563 g/mol. The zero-order valence-electron chi connectivity index (χ0n) is 20.3. The van der Waals surface area contributed by atoms with Crippen molar-refractivity contribution in [3.8, 4) is 11.3 Å². The van der Waals surface area contributed by atoms with Crippen molar-refractivity contribution in [2.45, 2.75) is 24.8 Å². The highest BCUT2D eigenvalue weighted by Gasteiger charge is 2.29. The number of benzene rings is 2. The summed E-state index contributed by atoms with van der Waals surface area (Å²) in [6.45, 7) is 4.77.